The number of sulfonamides is 1. The maximum Gasteiger partial charge on any atom is 0.422 e. The Kier molecular flexibility index (Phi) is 8.44. The van der Waals surface area contributed by atoms with Gasteiger partial charge in [0.25, 0.3) is 0 Å². The molecule has 0 unspecified atom stereocenters. The molecule has 0 aromatic heterocycles. The molecule has 2 aromatic carbocycles. The van der Waals surface area contributed by atoms with Crippen molar-refractivity contribution in [1.29, 1.82) is 0 Å². The van der Waals surface area contributed by atoms with E-state index in [1.165, 1.54) is 28.6 Å². The molecule has 0 saturated heterocycles. The van der Waals surface area contributed by atoms with Crippen molar-refractivity contribution >= 4 is 27.3 Å². The number of anilines is 2. The van der Waals surface area contributed by atoms with Gasteiger partial charge in [-0.2, -0.15) is 17.5 Å². The average Bonchev–Trinajstić information content (AvgIpc) is 2.72. The molecule has 0 spiro atoms. The fourth-order valence-electron chi connectivity index (χ4n) is 2.75. The van der Waals surface area contributed by atoms with E-state index in [2.05, 4.69) is 15.4 Å². The Balaban J connectivity index is 2.08. The third kappa shape index (κ3) is 7.09. The summed E-state index contributed by atoms with van der Waals surface area (Å²) < 4.78 is 81.8. The van der Waals surface area contributed by atoms with E-state index in [1.54, 1.807) is 13.8 Å². The second-order valence-corrected chi connectivity index (χ2v) is 8.50. The fourth-order valence-corrected chi connectivity index (χ4v) is 4.26. The normalized spacial score (nSPS) is 12.0. The lowest BCUT2D eigenvalue weighted by Gasteiger charge is -2.19. The van der Waals surface area contributed by atoms with Crippen LogP contribution >= 0.6 is 0 Å². The number of nitrogens with one attached hydrogen (secondary N) is 2. The van der Waals surface area contributed by atoms with Crippen LogP contribution in [0.5, 0.6) is 5.75 Å². The van der Waals surface area contributed by atoms with Crippen molar-refractivity contribution in [2.45, 2.75) is 24.9 Å². The van der Waals surface area contributed by atoms with Crippen molar-refractivity contribution in [1.82, 2.24) is 4.31 Å². The summed E-state index contributed by atoms with van der Waals surface area (Å²) >= 11 is 0. The van der Waals surface area contributed by atoms with Crippen LogP contribution in [-0.4, -0.2) is 51.0 Å². The molecule has 2 N–H and O–H groups in total. The summed E-state index contributed by atoms with van der Waals surface area (Å²) in [4.78, 5) is 12.3. The van der Waals surface area contributed by atoms with Crippen LogP contribution in [0.1, 0.15) is 13.8 Å². The summed E-state index contributed by atoms with van der Waals surface area (Å²) in [5.74, 6) is -1.64. The average molecular weight is 477 g/mol. The molecule has 176 valence electrons. The van der Waals surface area contributed by atoms with Crippen LogP contribution in [0.2, 0.25) is 0 Å². The van der Waals surface area contributed by atoms with Crippen molar-refractivity contribution < 1.29 is 35.5 Å². The van der Waals surface area contributed by atoms with E-state index in [0.29, 0.717) is 0 Å². The van der Waals surface area contributed by atoms with Crippen LogP contribution in [0.4, 0.5) is 28.9 Å². The summed E-state index contributed by atoms with van der Waals surface area (Å²) in [6.07, 6.45) is -4.58. The Bertz CT molecular complexity index is 1040. The summed E-state index contributed by atoms with van der Waals surface area (Å²) in [7, 11) is -3.73. The fraction of sp³-hybridized carbons (Fsp3) is 0.350. The number of hydrogen-bond donors (Lipinski definition) is 2. The van der Waals surface area contributed by atoms with Gasteiger partial charge in [-0.25, -0.2) is 12.8 Å². The largest absolute Gasteiger partial charge is 0.482 e. The first-order valence-electron chi connectivity index (χ1n) is 9.59. The van der Waals surface area contributed by atoms with Crippen LogP contribution < -0.4 is 15.4 Å². The predicted octanol–water partition coefficient (Wildman–Crippen LogP) is 3.85. The molecule has 0 saturated carbocycles. The molecule has 2 rings (SSSR count). The Morgan fingerprint density at radius 2 is 1.78 bits per heavy atom. The number of carbonyl (C=O) groups is 1. The first-order valence-corrected chi connectivity index (χ1v) is 11.0. The molecule has 7 nitrogen and oxygen atoms in total. The third-order valence-electron chi connectivity index (χ3n) is 4.23. The summed E-state index contributed by atoms with van der Waals surface area (Å²) in [6, 6.07) is 8.50. The van der Waals surface area contributed by atoms with Gasteiger partial charge in [0.2, 0.25) is 15.9 Å². The minimum absolute atomic E-state index is 0.0000680. The van der Waals surface area contributed by atoms with Crippen molar-refractivity contribution in [2.24, 2.45) is 0 Å². The van der Waals surface area contributed by atoms with Gasteiger partial charge in [-0.1, -0.05) is 19.9 Å². The molecular weight excluding hydrogens is 454 g/mol. The number of nitrogens with zero attached hydrogens (tertiary/aromatic N) is 1. The first kappa shape index (κ1) is 25.4. The van der Waals surface area contributed by atoms with Gasteiger partial charge in [0.05, 0.1) is 17.1 Å². The van der Waals surface area contributed by atoms with Crippen LogP contribution in [0.25, 0.3) is 0 Å². The molecule has 0 aliphatic rings. The molecule has 0 heterocycles. The monoisotopic (exact) mass is 477 g/mol. The molecule has 1 amide bonds. The highest BCUT2D eigenvalue weighted by Crippen LogP contribution is 2.27. The minimum Gasteiger partial charge on any atom is -0.482 e. The summed E-state index contributed by atoms with van der Waals surface area (Å²) in [5, 5.41) is 5.01. The van der Waals surface area contributed by atoms with Gasteiger partial charge < -0.3 is 15.4 Å². The maximum atomic E-state index is 13.5. The van der Waals surface area contributed by atoms with Crippen LogP contribution in [0.15, 0.2) is 47.4 Å². The Morgan fingerprint density at radius 3 is 2.41 bits per heavy atom. The maximum absolute atomic E-state index is 13.5. The molecule has 0 aliphatic heterocycles. The molecule has 0 aliphatic carbocycles. The van der Waals surface area contributed by atoms with Gasteiger partial charge in [0, 0.05) is 24.8 Å². The SMILES string of the molecule is CCN(CC)S(=O)(=O)c1cccc(NC(=O)CNc2cc(F)ccc2OCC(F)(F)F)c1. The number of amides is 1. The van der Waals surface area contributed by atoms with Gasteiger partial charge >= 0.3 is 6.18 Å². The molecule has 12 heteroatoms. The number of rotatable bonds is 10. The number of hydrogen-bond acceptors (Lipinski definition) is 5. The standard InChI is InChI=1S/C20H23F4N3O4S/c1-3-27(4-2)32(29,30)16-7-5-6-15(11-16)26-19(28)12-25-17-10-14(21)8-9-18(17)31-13-20(22,23)24/h5-11,25H,3-4,12-13H2,1-2H3,(H,26,28). The first-order chi connectivity index (χ1) is 15.0. The van der Waals surface area contributed by atoms with E-state index in [4.69, 9.17) is 0 Å². The highest BCUT2D eigenvalue weighted by molar-refractivity contribution is 7.89. The second-order valence-electron chi connectivity index (χ2n) is 6.56. The van der Waals surface area contributed by atoms with Crippen molar-refractivity contribution in [2.75, 3.05) is 36.9 Å². The van der Waals surface area contributed by atoms with Gasteiger partial charge in [0.15, 0.2) is 6.61 Å². The highest BCUT2D eigenvalue weighted by Gasteiger charge is 2.29. The minimum atomic E-state index is -4.58. The van der Waals surface area contributed by atoms with Crippen LogP contribution in [-0.2, 0) is 14.8 Å². The van der Waals surface area contributed by atoms with Gasteiger partial charge in [0.1, 0.15) is 11.6 Å². The Hall–Kier alpha value is -2.86. The number of alkyl halides is 3. The van der Waals surface area contributed by atoms with E-state index in [-0.39, 0.29) is 35.1 Å². The third-order valence-corrected chi connectivity index (χ3v) is 6.28. The van der Waals surface area contributed by atoms with E-state index in [1.807, 2.05) is 0 Å². The Labute approximate surface area is 183 Å². The smallest absolute Gasteiger partial charge is 0.422 e. The molecule has 0 atom stereocenters. The lowest BCUT2D eigenvalue weighted by Crippen LogP contribution is -2.30. The Morgan fingerprint density at radius 1 is 1.09 bits per heavy atom. The summed E-state index contributed by atoms with van der Waals surface area (Å²) in [5.41, 5.74) is 0.0695. The number of carbonyl (C=O) groups excluding carboxylic acids is 1. The molecule has 0 fully saturated rings. The molecule has 0 bridgehead atoms. The molecule has 32 heavy (non-hydrogen) atoms. The molecule has 2 aromatic rings. The van der Waals surface area contributed by atoms with E-state index in [9.17, 15) is 30.8 Å². The van der Waals surface area contributed by atoms with E-state index < -0.39 is 41.1 Å². The zero-order valence-corrected chi connectivity index (χ0v) is 18.2. The predicted molar refractivity (Wildman–Crippen MR) is 112 cm³/mol. The number of ether oxygens (including phenoxy) is 1. The van der Waals surface area contributed by atoms with Crippen molar-refractivity contribution in [3.63, 3.8) is 0 Å². The molecule has 0 radical (unpaired) electrons. The van der Waals surface area contributed by atoms with Gasteiger partial charge in [-0.3, -0.25) is 4.79 Å². The summed E-state index contributed by atoms with van der Waals surface area (Å²) in [6.45, 7) is 1.97. The van der Waals surface area contributed by atoms with Gasteiger partial charge in [-0.15, -0.1) is 0 Å². The second kappa shape index (κ2) is 10.6. The lowest BCUT2D eigenvalue weighted by atomic mass is 10.2. The highest BCUT2D eigenvalue weighted by atomic mass is 32.2. The van der Waals surface area contributed by atoms with Crippen molar-refractivity contribution in [3.05, 3.63) is 48.3 Å². The van der Waals surface area contributed by atoms with E-state index in [0.717, 1.165) is 18.2 Å². The zero-order valence-electron chi connectivity index (χ0n) is 17.4. The quantitative estimate of drug-likeness (QED) is 0.508. The lowest BCUT2D eigenvalue weighted by molar-refractivity contribution is -0.153. The molecular formula is C20H23F4N3O4S. The number of halogens is 4. The van der Waals surface area contributed by atoms with Crippen LogP contribution in [0, 0.1) is 5.82 Å². The van der Waals surface area contributed by atoms with E-state index >= 15 is 0 Å². The van der Waals surface area contributed by atoms with Crippen LogP contribution in [0.3, 0.4) is 0 Å². The topological polar surface area (TPSA) is 87.7 Å². The zero-order chi connectivity index (χ0) is 23.9. The van der Waals surface area contributed by atoms with Crippen molar-refractivity contribution in [3.8, 4) is 5.75 Å². The number of benzene rings is 2. The van der Waals surface area contributed by atoms with Gasteiger partial charge in [-0.05, 0) is 30.3 Å².